The molecule has 2 aromatic rings. The summed E-state index contributed by atoms with van der Waals surface area (Å²) in [5.41, 5.74) is 0.476. The van der Waals surface area contributed by atoms with Crippen LogP contribution in [0.4, 0.5) is 4.39 Å². The summed E-state index contributed by atoms with van der Waals surface area (Å²) < 4.78 is 13.6. The molecule has 1 aromatic carbocycles. The van der Waals surface area contributed by atoms with Gasteiger partial charge in [-0.1, -0.05) is 23.7 Å². The number of thiophene rings is 1. The molecule has 82 valence electrons. The van der Waals surface area contributed by atoms with Gasteiger partial charge in [-0.3, -0.25) is 0 Å². The Morgan fingerprint density at radius 2 is 2.19 bits per heavy atom. The topological polar surface area (TPSA) is 37.3 Å². The van der Waals surface area contributed by atoms with Gasteiger partial charge < -0.3 is 5.11 Å². The summed E-state index contributed by atoms with van der Waals surface area (Å²) in [6.45, 7) is 0. The van der Waals surface area contributed by atoms with Crippen molar-refractivity contribution in [1.29, 1.82) is 0 Å². The fourth-order valence-electron chi connectivity index (χ4n) is 1.28. The van der Waals surface area contributed by atoms with Crippen molar-refractivity contribution >= 4 is 28.9 Å². The van der Waals surface area contributed by atoms with Gasteiger partial charge in [0, 0.05) is 15.8 Å². The van der Waals surface area contributed by atoms with Gasteiger partial charge in [0.2, 0.25) is 0 Å². The van der Waals surface area contributed by atoms with Crippen LogP contribution in [0.5, 0.6) is 0 Å². The van der Waals surface area contributed by atoms with E-state index in [1.165, 1.54) is 28.8 Å². The van der Waals surface area contributed by atoms with Gasteiger partial charge in [-0.05, 0) is 12.1 Å². The van der Waals surface area contributed by atoms with E-state index < -0.39 is 11.8 Å². The molecule has 0 saturated heterocycles. The number of rotatable bonds is 2. The van der Waals surface area contributed by atoms with Crippen molar-refractivity contribution < 1.29 is 14.3 Å². The Morgan fingerprint density at radius 1 is 1.44 bits per heavy atom. The monoisotopic (exact) mass is 256 g/mol. The summed E-state index contributed by atoms with van der Waals surface area (Å²) in [5.74, 6) is -1.55. The van der Waals surface area contributed by atoms with Crippen LogP contribution in [0.2, 0.25) is 5.02 Å². The number of carboxylic acid groups (broad SMARTS) is 1. The maximum Gasteiger partial charge on any atom is 0.336 e. The maximum absolute atomic E-state index is 13.6. The summed E-state index contributed by atoms with van der Waals surface area (Å²) in [5, 5.41) is 10.3. The van der Waals surface area contributed by atoms with E-state index in [1.807, 2.05) is 0 Å². The lowest BCUT2D eigenvalue weighted by Crippen LogP contribution is -1.91. The molecule has 16 heavy (non-hydrogen) atoms. The molecule has 0 radical (unpaired) electrons. The zero-order valence-corrected chi connectivity index (χ0v) is 9.48. The van der Waals surface area contributed by atoms with Crippen molar-refractivity contribution in [3.63, 3.8) is 0 Å². The molecular weight excluding hydrogens is 251 g/mol. The summed E-state index contributed by atoms with van der Waals surface area (Å²) in [7, 11) is 0. The van der Waals surface area contributed by atoms with E-state index in [0.29, 0.717) is 10.4 Å². The van der Waals surface area contributed by atoms with E-state index in [1.54, 1.807) is 12.1 Å². The van der Waals surface area contributed by atoms with Crippen LogP contribution in [-0.2, 0) is 0 Å². The van der Waals surface area contributed by atoms with Crippen LogP contribution in [0.3, 0.4) is 0 Å². The molecule has 0 fully saturated rings. The normalized spacial score (nSPS) is 10.4. The molecule has 1 heterocycles. The zero-order valence-electron chi connectivity index (χ0n) is 7.91. The Hall–Kier alpha value is -1.39. The number of carbonyl (C=O) groups is 1. The first-order chi connectivity index (χ1) is 7.59. The minimum Gasteiger partial charge on any atom is -0.478 e. The minimum atomic E-state index is -1.02. The van der Waals surface area contributed by atoms with Crippen molar-refractivity contribution in [2.75, 3.05) is 0 Å². The highest BCUT2D eigenvalue weighted by atomic mass is 35.5. The number of hydrogen-bond acceptors (Lipinski definition) is 2. The van der Waals surface area contributed by atoms with E-state index in [2.05, 4.69) is 0 Å². The van der Waals surface area contributed by atoms with Crippen LogP contribution >= 0.6 is 22.9 Å². The highest BCUT2D eigenvalue weighted by Crippen LogP contribution is 2.32. The first-order valence-electron chi connectivity index (χ1n) is 4.36. The average Bonchev–Trinajstić information content (AvgIpc) is 2.71. The highest BCUT2D eigenvalue weighted by molar-refractivity contribution is 7.13. The Kier molecular flexibility index (Phi) is 2.94. The average molecular weight is 257 g/mol. The molecule has 1 aromatic heterocycles. The van der Waals surface area contributed by atoms with Crippen LogP contribution in [0.1, 0.15) is 10.4 Å². The number of benzene rings is 1. The fraction of sp³-hybridized carbons (Fsp3) is 0. The van der Waals surface area contributed by atoms with E-state index >= 15 is 0 Å². The second kappa shape index (κ2) is 4.23. The third-order valence-corrected chi connectivity index (χ3v) is 3.32. The van der Waals surface area contributed by atoms with Crippen molar-refractivity contribution in [3.8, 4) is 10.4 Å². The quantitative estimate of drug-likeness (QED) is 0.885. The molecule has 0 unspecified atom stereocenters. The van der Waals surface area contributed by atoms with Gasteiger partial charge in [0.1, 0.15) is 5.82 Å². The van der Waals surface area contributed by atoms with E-state index in [0.717, 1.165) is 0 Å². The molecular formula is C11H6ClFO2S. The van der Waals surface area contributed by atoms with Crippen molar-refractivity contribution in [2.45, 2.75) is 0 Å². The number of carboxylic acids is 1. The molecule has 0 aliphatic heterocycles. The molecule has 0 saturated carbocycles. The number of halogens is 2. The molecule has 0 atom stereocenters. The molecule has 5 heteroatoms. The summed E-state index contributed by atoms with van der Waals surface area (Å²) in [6.07, 6.45) is 0. The Labute approximate surface area is 99.9 Å². The van der Waals surface area contributed by atoms with E-state index in [4.69, 9.17) is 16.7 Å². The van der Waals surface area contributed by atoms with E-state index in [9.17, 15) is 9.18 Å². The van der Waals surface area contributed by atoms with Gasteiger partial charge >= 0.3 is 5.97 Å². The molecule has 0 spiro atoms. The smallest absolute Gasteiger partial charge is 0.336 e. The number of aromatic carboxylic acids is 1. The van der Waals surface area contributed by atoms with Gasteiger partial charge in [0.05, 0.1) is 10.6 Å². The predicted octanol–water partition coefficient (Wildman–Crippen LogP) is 3.91. The number of hydrogen-bond donors (Lipinski definition) is 1. The van der Waals surface area contributed by atoms with Gasteiger partial charge in [0.25, 0.3) is 0 Å². The van der Waals surface area contributed by atoms with Crippen LogP contribution < -0.4 is 0 Å². The lowest BCUT2D eigenvalue weighted by Gasteiger charge is -2.00. The maximum atomic E-state index is 13.6. The van der Waals surface area contributed by atoms with Gasteiger partial charge in [0.15, 0.2) is 0 Å². The third-order valence-electron chi connectivity index (χ3n) is 2.06. The SMILES string of the molecule is O=C(O)c1csc(-c2cccc(Cl)c2F)c1. The zero-order chi connectivity index (χ0) is 11.7. The van der Waals surface area contributed by atoms with Crippen LogP contribution in [0.15, 0.2) is 29.6 Å². The van der Waals surface area contributed by atoms with Gasteiger partial charge in [-0.25, -0.2) is 9.18 Å². The Morgan fingerprint density at radius 3 is 2.81 bits per heavy atom. The second-order valence-electron chi connectivity index (χ2n) is 3.11. The Balaban J connectivity index is 2.50. The van der Waals surface area contributed by atoms with Crippen LogP contribution in [0.25, 0.3) is 10.4 Å². The van der Waals surface area contributed by atoms with Crippen LogP contribution in [0, 0.1) is 5.82 Å². The molecule has 0 aliphatic rings. The first kappa shape index (κ1) is 11.1. The molecule has 1 N–H and O–H groups in total. The van der Waals surface area contributed by atoms with Gasteiger partial charge in [-0.15, -0.1) is 11.3 Å². The Bertz CT molecular complexity index is 551. The molecule has 0 bridgehead atoms. The summed E-state index contributed by atoms with van der Waals surface area (Å²) in [4.78, 5) is 11.2. The van der Waals surface area contributed by atoms with Crippen LogP contribution in [-0.4, -0.2) is 11.1 Å². The summed E-state index contributed by atoms with van der Waals surface area (Å²) in [6, 6.07) is 6.08. The van der Waals surface area contributed by atoms with Crippen molar-refractivity contribution in [3.05, 3.63) is 46.0 Å². The van der Waals surface area contributed by atoms with Crippen molar-refractivity contribution in [2.24, 2.45) is 0 Å². The molecule has 2 nitrogen and oxygen atoms in total. The predicted molar refractivity (Wildman–Crippen MR) is 61.7 cm³/mol. The van der Waals surface area contributed by atoms with Crippen molar-refractivity contribution in [1.82, 2.24) is 0 Å². The van der Waals surface area contributed by atoms with Gasteiger partial charge in [-0.2, -0.15) is 0 Å². The molecule has 0 amide bonds. The lowest BCUT2D eigenvalue weighted by atomic mass is 10.1. The second-order valence-corrected chi connectivity index (χ2v) is 4.42. The summed E-state index contributed by atoms with van der Waals surface area (Å²) >= 11 is 6.82. The fourth-order valence-corrected chi connectivity index (χ4v) is 2.36. The molecule has 2 rings (SSSR count). The van der Waals surface area contributed by atoms with E-state index in [-0.39, 0.29) is 10.6 Å². The lowest BCUT2D eigenvalue weighted by molar-refractivity contribution is 0.0697. The third kappa shape index (κ3) is 1.94. The minimum absolute atomic E-state index is 0.0303. The largest absolute Gasteiger partial charge is 0.478 e. The highest BCUT2D eigenvalue weighted by Gasteiger charge is 2.12. The standard InChI is InChI=1S/C11H6ClFO2S/c12-8-3-1-2-7(10(8)13)9-4-6(5-16-9)11(14)15/h1-5H,(H,14,15). The first-order valence-corrected chi connectivity index (χ1v) is 5.61. The molecule has 0 aliphatic carbocycles.